The van der Waals surface area contributed by atoms with Gasteiger partial charge in [0.05, 0.1) is 0 Å². The molecule has 1 atom stereocenters. The van der Waals surface area contributed by atoms with Gasteiger partial charge < -0.3 is 19.9 Å². The largest absolute Gasteiger partial charge is 0.488 e. The van der Waals surface area contributed by atoms with E-state index in [9.17, 15) is 9.18 Å². The third kappa shape index (κ3) is 5.92. The van der Waals surface area contributed by atoms with Crippen molar-refractivity contribution in [2.24, 2.45) is 0 Å². The van der Waals surface area contributed by atoms with E-state index in [1.54, 1.807) is 12.1 Å². The highest BCUT2D eigenvalue weighted by molar-refractivity contribution is 6.30. The molecule has 1 fully saturated rings. The normalized spacial score (nSPS) is 20.4. The molecular weight excluding hydrogens is 381 g/mol. The third-order valence-corrected chi connectivity index (χ3v) is 5.51. The van der Waals surface area contributed by atoms with Gasteiger partial charge in [0.1, 0.15) is 50.9 Å². The minimum absolute atomic E-state index is 0.0314. The molecule has 1 saturated heterocycles. The molecule has 7 heteroatoms. The first-order chi connectivity index (χ1) is 13.5. The lowest BCUT2D eigenvalue weighted by Gasteiger charge is -2.32. The van der Waals surface area contributed by atoms with Crippen molar-refractivity contribution >= 4 is 23.2 Å². The fourth-order valence-corrected chi connectivity index (χ4v) is 3.55. The van der Waals surface area contributed by atoms with E-state index in [1.165, 1.54) is 21.9 Å². The van der Waals surface area contributed by atoms with Crippen LogP contribution in [0.3, 0.4) is 0 Å². The molecule has 0 unspecified atom stereocenters. The van der Waals surface area contributed by atoms with Crippen molar-refractivity contribution in [1.29, 1.82) is 0 Å². The number of benzene rings is 2. The molecule has 0 aliphatic carbocycles. The Morgan fingerprint density at radius 1 is 1.11 bits per heavy atom. The zero-order valence-corrected chi connectivity index (χ0v) is 16.8. The van der Waals surface area contributed by atoms with Crippen molar-refractivity contribution < 1.29 is 23.7 Å². The molecule has 2 aromatic rings. The second kappa shape index (κ2) is 9.87. The highest BCUT2D eigenvalue weighted by atomic mass is 35.5. The van der Waals surface area contributed by atoms with Crippen molar-refractivity contribution in [3.8, 4) is 5.75 Å². The average Bonchev–Trinajstić information content (AvgIpc) is 2.71. The van der Waals surface area contributed by atoms with Crippen molar-refractivity contribution in [3.05, 3.63) is 59.4 Å². The van der Waals surface area contributed by atoms with Crippen LogP contribution in [0.2, 0.25) is 5.02 Å². The average molecular weight is 408 g/mol. The number of hydrogen-bond acceptors (Lipinski definition) is 2. The number of piperazine rings is 1. The maximum atomic E-state index is 13.0. The third-order valence-electron chi connectivity index (χ3n) is 5.25. The summed E-state index contributed by atoms with van der Waals surface area (Å²) < 4.78 is 18.8. The summed E-state index contributed by atoms with van der Waals surface area (Å²) in [4.78, 5) is 15.2. The second-order valence-electron chi connectivity index (χ2n) is 7.18. The number of ether oxygens (including phenoxy) is 1. The van der Waals surface area contributed by atoms with Crippen molar-refractivity contribution in [1.82, 2.24) is 0 Å². The Kier molecular flexibility index (Phi) is 7.25. The van der Waals surface area contributed by atoms with Crippen LogP contribution in [-0.4, -0.2) is 51.3 Å². The number of rotatable bonds is 7. The molecule has 28 heavy (non-hydrogen) atoms. The van der Waals surface area contributed by atoms with Crippen molar-refractivity contribution in [2.75, 3.05) is 44.6 Å². The van der Waals surface area contributed by atoms with Crippen LogP contribution in [0, 0.1) is 5.82 Å². The lowest BCUT2D eigenvalue weighted by Crippen LogP contribution is -3.30. The summed E-state index contributed by atoms with van der Waals surface area (Å²) in [6, 6.07) is 13.1. The van der Waals surface area contributed by atoms with E-state index in [1.807, 2.05) is 31.2 Å². The summed E-state index contributed by atoms with van der Waals surface area (Å²) in [5, 5.41) is 3.57. The maximum Gasteiger partial charge on any atom is 0.282 e. The molecule has 0 bridgehead atoms. The number of quaternary nitrogens is 2. The monoisotopic (exact) mass is 407 g/mol. The van der Waals surface area contributed by atoms with E-state index in [-0.39, 0.29) is 17.8 Å². The molecule has 1 aliphatic rings. The van der Waals surface area contributed by atoms with Crippen molar-refractivity contribution in [3.63, 3.8) is 0 Å². The highest BCUT2D eigenvalue weighted by Gasteiger charge is 2.30. The van der Waals surface area contributed by atoms with Crippen molar-refractivity contribution in [2.45, 2.75) is 13.0 Å². The van der Waals surface area contributed by atoms with Gasteiger partial charge in [0.15, 0.2) is 6.04 Å². The molecular formula is C21H27ClFN3O2+2. The predicted molar refractivity (Wildman–Crippen MR) is 108 cm³/mol. The zero-order valence-electron chi connectivity index (χ0n) is 16.0. The van der Waals surface area contributed by atoms with Crippen LogP contribution in [0.25, 0.3) is 0 Å². The summed E-state index contributed by atoms with van der Waals surface area (Å²) in [7, 11) is 0. The Hall–Kier alpha value is -2.15. The van der Waals surface area contributed by atoms with Crippen LogP contribution in [0.4, 0.5) is 10.1 Å². The van der Waals surface area contributed by atoms with E-state index >= 15 is 0 Å². The molecule has 1 aliphatic heterocycles. The molecule has 0 saturated carbocycles. The van der Waals surface area contributed by atoms with Crippen LogP contribution in [-0.2, 0) is 4.79 Å². The molecule has 5 nitrogen and oxygen atoms in total. The Bertz CT molecular complexity index is 762. The van der Waals surface area contributed by atoms with Gasteiger partial charge in [-0.1, -0.05) is 11.6 Å². The summed E-state index contributed by atoms with van der Waals surface area (Å²) >= 11 is 5.87. The number of halogens is 2. The van der Waals surface area contributed by atoms with Crippen LogP contribution in [0.1, 0.15) is 6.92 Å². The Morgan fingerprint density at radius 2 is 1.75 bits per heavy atom. The summed E-state index contributed by atoms with van der Waals surface area (Å²) in [6.45, 7) is 7.44. The molecule has 2 aromatic carbocycles. The fraction of sp³-hybridized carbons (Fsp3) is 0.381. The minimum Gasteiger partial charge on any atom is -0.488 e. The van der Waals surface area contributed by atoms with Gasteiger partial charge in [-0.2, -0.15) is 0 Å². The number of carbonyl (C=O) groups excluding carboxylic acids is 1. The van der Waals surface area contributed by atoms with Crippen LogP contribution in [0.5, 0.6) is 5.75 Å². The zero-order chi connectivity index (χ0) is 19.9. The summed E-state index contributed by atoms with van der Waals surface area (Å²) in [5.41, 5.74) is 0.626. The number of carbonyl (C=O) groups is 1. The first-order valence-corrected chi connectivity index (χ1v) is 10.0. The fourth-order valence-electron chi connectivity index (χ4n) is 3.42. The van der Waals surface area contributed by atoms with Gasteiger partial charge in [0.2, 0.25) is 0 Å². The molecule has 1 amide bonds. The highest BCUT2D eigenvalue weighted by Crippen LogP contribution is 2.15. The minimum atomic E-state index is -0.309. The second-order valence-corrected chi connectivity index (χ2v) is 7.61. The van der Waals surface area contributed by atoms with E-state index in [4.69, 9.17) is 16.3 Å². The summed E-state index contributed by atoms with van der Waals surface area (Å²) in [6.07, 6.45) is 0. The number of amides is 1. The lowest BCUT2D eigenvalue weighted by molar-refractivity contribution is -1.02. The smallest absolute Gasteiger partial charge is 0.282 e. The Labute approximate surface area is 170 Å². The molecule has 0 spiro atoms. The molecule has 0 aromatic heterocycles. The lowest BCUT2D eigenvalue weighted by atomic mass is 10.2. The van der Waals surface area contributed by atoms with E-state index in [2.05, 4.69) is 5.32 Å². The van der Waals surface area contributed by atoms with Gasteiger partial charge in [-0.25, -0.2) is 4.39 Å². The van der Waals surface area contributed by atoms with E-state index in [0.29, 0.717) is 17.3 Å². The van der Waals surface area contributed by atoms with Gasteiger partial charge in [0.25, 0.3) is 5.91 Å². The molecule has 1 heterocycles. The number of nitrogens with one attached hydrogen (secondary N) is 3. The van der Waals surface area contributed by atoms with Gasteiger partial charge >= 0.3 is 0 Å². The Balaban J connectivity index is 1.38. The standard InChI is InChI=1S/C21H25ClFN3O2/c1-16(21(27)24-19-6-4-18(23)5-7-19)26-12-10-25(11-13-26)14-15-28-20-8-2-17(22)3-9-20/h2-9,16H,10-15H2,1H3,(H,24,27)/p+2/t16-/m1/s1. The number of anilines is 1. The van der Waals surface area contributed by atoms with Gasteiger partial charge in [-0.15, -0.1) is 0 Å². The van der Waals surface area contributed by atoms with Gasteiger partial charge in [0, 0.05) is 10.7 Å². The van der Waals surface area contributed by atoms with Gasteiger partial charge in [-0.3, -0.25) is 4.79 Å². The quantitative estimate of drug-likeness (QED) is 0.632. The molecule has 3 rings (SSSR count). The van der Waals surface area contributed by atoms with Crippen LogP contribution >= 0.6 is 11.6 Å². The molecule has 150 valence electrons. The van der Waals surface area contributed by atoms with Crippen LogP contribution in [0.15, 0.2) is 48.5 Å². The van der Waals surface area contributed by atoms with E-state index in [0.717, 1.165) is 38.5 Å². The first-order valence-electron chi connectivity index (χ1n) is 9.64. The first kappa shape index (κ1) is 20.6. The van der Waals surface area contributed by atoms with Crippen LogP contribution < -0.4 is 19.9 Å². The van der Waals surface area contributed by atoms with Gasteiger partial charge in [-0.05, 0) is 55.5 Å². The SMILES string of the molecule is C[C@H](C(=O)Nc1ccc(F)cc1)[NH+]1CC[NH+](CCOc2ccc(Cl)cc2)CC1. The molecule has 3 N–H and O–H groups in total. The predicted octanol–water partition coefficient (Wildman–Crippen LogP) is 0.669. The summed E-state index contributed by atoms with van der Waals surface area (Å²) in [5.74, 6) is 0.492. The number of hydrogen-bond donors (Lipinski definition) is 3. The topological polar surface area (TPSA) is 47.2 Å². The maximum absolute atomic E-state index is 13.0. The van der Waals surface area contributed by atoms with E-state index < -0.39 is 0 Å². The Morgan fingerprint density at radius 3 is 2.39 bits per heavy atom. The molecule has 0 radical (unpaired) electrons.